The van der Waals surface area contributed by atoms with E-state index in [-0.39, 0.29) is 4.90 Å². The zero-order valence-electron chi connectivity index (χ0n) is 16.3. The minimum Gasteiger partial charge on any atom is -0.444 e. The molecule has 0 aromatic heterocycles. The summed E-state index contributed by atoms with van der Waals surface area (Å²) in [6.07, 6.45) is -1.30. The zero-order chi connectivity index (χ0) is 17.6. The molecule has 2 rings (SSSR count). The van der Waals surface area contributed by atoms with Gasteiger partial charge in [-0.3, -0.25) is 0 Å². The molecule has 4 heteroatoms. The summed E-state index contributed by atoms with van der Waals surface area (Å²) in [7, 11) is 0. The predicted molar refractivity (Wildman–Crippen MR) is 53.1 cm³/mol. The van der Waals surface area contributed by atoms with Gasteiger partial charge in [0.2, 0.25) is 0 Å². The summed E-state index contributed by atoms with van der Waals surface area (Å²) in [5, 5.41) is 1.88. The van der Waals surface area contributed by atoms with E-state index in [0.29, 0.717) is 0 Å². The molecule has 4 nitrogen and oxygen atoms in total. The van der Waals surface area contributed by atoms with Gasteiger partial charge in [0.15, 0.2) is 0 Å². The predicted octanol–water partition coefficient (Wildman–Crippen LogP) is 0.827. The van der Waals surface area contributed by atoms with E-state index < -0.39 is 43.1 Å². The van der Waals surface area contributed by atoms with E-state index in [2.05, 4.69) is 0 Å². The largest absolute Gasteiger partial charge is 0.444 e. The first-order chi connectivity index (χ1) is 9.46. The number of ether oxygens (including phenoxy) is 1. The van der Waals surface area contributed by atoms with Crippen molar-refractivity contribution in [3.63, 3.8) is 0 Å². The molecule has 80 valence electrons. The number of hydrogen-bond donors (Lipinski definition) is 1. The molecule has 1 amide bonds. The fourth-order valence-electron chi connectivity index (χ4n) is 1.03. The van der Waals surface area contributed by atoms with Crippen molar-refractivity contribution in [3.05, 3.63) is 0 Å². The smallest absolute Gasteiger partial charge is 0.410 e. The first-order valence-electron chi connectivity index (χ1n) is 8.28. The highest BCUT2D eigenvalue weighted by molar-refractivity contribution is 5.69. The number of amides is 1. The lowest BCUT2D eigenvalue weighted by atomic mass is 9.75. The number of carbonyl (C=O) groups is 1. The highest BCUT2D eigenvalue weighted by atomic mass is 16.6. The molecule has 2 fully saturated rings. The minimum absolute atomic E-state index is 0.127. The molecule has 0 saturated carbocycles. The van der Waals surface area contributed by atoms with Crippen LogP contribution >= 0.6 is 0 Å². The van der Waals surface area contributed by atoms with Crippen molar-refractivity contribution in [1.29, 1.82) is 0 Å². The van der Waals surface area contributed by atoms with Gasteiger partial charge in [-0.1, -0.05) is 0 Å². The first-order valence-corrected chi connectivity index (χ1v) is 4.28. The SMILES string of the molecule is [2H]C1([2H])NC([2H])([2H])C12C([2H])([2H])N(C(=O)OC(C)(C)C)C2([2H])[2H]. The van der Waals surface area contributed by atoms with E-state index in [1.165, 1.54) is 20.8 Å². The van der Waals surface area contributed by atoms with E-state index in [1.54, 1.807) is 0 Å². The quantitative estimate of drug-likeness (QED) is 0.638. The summed E-state index contributed by atoms with van der Waals surface area (Å²) in [5.74, 6) is 0. The van der Waals surface area contributed by atoms with Gasteiger partial charge in [-0.15, -0.1) is 0 Å². The number of nitrogens with one attached hydrogen (secondary N) is 1. The van der Waals surface area contributed by atoms with Crippen LogP contribution in [0.4, 0.5) is 4.79 Å². The Labute approximate surface area is 95.8 Å². The Bertz CT molecular complexity index is 496. The first kappa shape index (κ1) is 4.00. The molecule has 2 saturated heterocycles. The van der Waals surface area contributed by atoms with E-state index in [0.717, 1.165) is 0 Å². The Balaban J connectivity index is 2.47. The highest BCUT2D eigenvalue weighted by Gasteiger charge is 2.50. The van der Waals surface area contributed by atoms with Gasteiger partial charge in [-0.2, -0.15) is 0 Å². The summed E-state index contributed by atoms with van der Waals surface area (Å²) in [4.78, 5) is 12.2. The number of hydrogen-bond acceptors (Lipinski definition) is 3. The van der Waals surface area contributed by atoms with E-state index in [1.807, 2.05) is 5.32 Å². The lowest BCUT2D eigenvalue weighted by molar-refractivity contribution is -0.0553. The summed E-state index contributed by atoms with van der Waals surface area (Å²) in [5.41, 5.74) is -3.70. The van der Waals surface area contributed by atoms with Crippen molar-refractivity contribution in [2.45, 2.75) is 26.4 Å². The van der Waals surface area contributed by atoms with Crippen LogP contribution in [0.15, 0.2) is 0 Å². The third-order valence-electron chi connectivity index (χ3n) is 1.64. The normalized spacial score (nSPS) is 46.9. The third kappa shape index (κ3) is 1.71. The van der Waals surface area contributed by atoms with Gasteiger partial charge >= 0.3 is 6.09 Å². The van der Waals surface area contributed by atoms with E-state index >= 15 is 0 Å². The maximum absolute atomic E-state index is 12.1. The van der Waals surface area contributed by atoms with E-state index in [4.69, 9.17) is 15.7 Å². The molecule has 0 aromatic carbocycles. The fourth-order valence-corrected chi connectivity index (χ4v) is 1.03. The van der Waals surface area contributed by atoms with Gasteiger partial charge in [0.1, 0.15) is 5.60 Å². The van der Waals surface area contributed by atoms with Gasteiger partial charge in [0.05, 0.1) is 5.48 Å². The van der Waals surface area contributed by atoms with Crippen LogP contribution in [0.25, 0.3) is 0 Å². The summed E-state index contributed by atoms with van der Waals surface area (Å²) in [6.45, 7) is -6.57. The molecule has 0 atom stereocenters. The molecule has 2 heterocycles. The monoisotopic (exact) mass is 206 g/mol. The van der Waals surface area contributed by atoms with Gasteiger partial charge in [0, 0.05) is 36.9 Å². The number of rotatable bonds is 0. The number of nitrogens with zero attached hydrogens (tertiary/aromatic N) is 1. The lowest BCUT2D eigenvalue weighted by Crippen LogP contribution is -2.72. The Kier molecular flexibility index (Phi) is 0.818. The Morgan fingerprint density at radius 1 is 1.50 bits per heavy atom. The van der Waals surface area contributed by atoms with Crippen molar-refractivity contribution < 1.29 is 20.5 Å². The average molecular weight is 206 g/mol. The molecular weight excluding hydrogens is 180 g/mol. The van der Waals surface area contributed by atoms with Crippen LogP contribution in [0, 0.1) is 5.41 Å². The molecule has 14 heavy (non-hydrogen) atoms. The molecule has 1 spiro atoms. The molecule has 1 N–H and O–H groups in total. The van der Waals surface area contributed by atoms with Gasteiger partial charge in [-0.05, 0) is 20.8 Å². The molecular formula is C10H18N2O2. The molecule has 0 bridgehead atoms. The molecule has 2 aliphatic rings. The van der Waals surface area contributed by atoms with Crippen LogP contribution in [-0.4, -0.2) is 42.6 Å². The van der Waals surface area contributed by atoms with Gasteiger partial charge in [-0.25, -0.2) is 4.79 Å². The van der Waals surface area contributed by atoms with Crippen LogP contribution in [0.1, 0.15) is 31.7 Å². The number of likely N-dealkylation sites (tertiary alicyclic amines) is 1. The molecule has 0 aromatic rings. The van der Waals surface area contributed by atoms with Crippen molar-refractivity contribution >= 4 is 6.09 Å². The lowest BCUT2D eigenvalue weighted by Gasteiger charge is -2.55. The minimum atomic E-state index is -2.91. The number of carbonyl (C=O) groups excluding carboxylic acids is 1. The summed E-state index contributed by atoms with van der Waals surface area (Å²) in [6, 6.07) is 0. The third-order valence-corrected chi connectivity index (χ3v) is 1.64. The molecule has 0 aliphatic carbocycles. The Hall–Kier alpha value is -0.770. The second-order valence-corrected chi connectivity index (χ2v) is 4.16. The van der Waals surface area contributed by atoms with Crippen LogP contribution in [0.3, 0.4) is 0 Å². The van der Waals surface area contributed by atoms with Gasteiger partial charge in [0.25, 0.3) is 0 Å². The summed E-state index contributed by atoms with van der Waals surface area (Å²) >= 11 is 0. The Morgan fingerprint density at radius 2 is 2.07 bits per heavy atom. The summed E-state index contributed by atoms with van der Waals surface area (Å²) < 4.78 is 67.6. The second kappa shape index (κ2) is 2.86. The molecule has 0 radical (unpaired) electrons. The molecule has 0 unspecified atom stereocenters. The van der Waals surface area contributed by atoms with E-state index in [9.17, 15) is 4.79 Å². The van der Waals surface area contributed by atoms with Crippen molar-refractivity contribution in [1.82, 2.24) is 10.2 Å². The fraction of sp³-hybridized carbons (Fsp3) is 0.900. The standard InChI is InChI=1S/C10H18N2O2/c1-9(2,3)14-8(13)12-6-10(7-12)4-11-5-10/h11H,4-7H2,1-3H3/i4D2,5D2,6D2,7D2. The van der Waals surface area contributed by atoms with Crippen LogP contribution in [0.5, 0.6) is 0 Å². The van der Waals surface area contributed by atoms with Crippen LogP contribution in [-0.2, 0) is 4.74 Å². The van der Waals surface area contributed by atoms with Gasteiger partial charge < -0.3 is 15.0 Å². The Morgan fingerprint density at radius 3 is 2.50 bits per heavy atom. The second-order valence-electron chi connectivity index (χ2n) is 4.16. The topological polar surface area (TPSA) is 41.6 Å². The zero-order valence-corrected chi connectivity index (χ0v) is 8.26. The average Bonchev–Trinajstić information content (AvgIpc) is 2.05. The van der Waals surface area contributed by atoms with Crippen molar-refractivity contribution in [3.8, 4) is 0 Å². The van der Waals surface area contributed by atoms with Crippen molar-refractivity contribution in [2.24, 2.45) is 5.41 Å². The van der Waals surface area contributed by atoms with Crippen LogP contribution < -0.4 is 5.32 Å². The maximum Gasteiger partial charge on any atom is 0.410 e. The van der Waals surface area contributed by atoms with Crippen LogP contribution in [0.2, 0.25) is 0 Å². The molecule has 2 aliphatic heterocycles. The van der Waals surface area contributed by atoms with Crippen molar-refractivity contribution in [2.75, 3.05) is 26.0 Å². The highest BCUT2D eigenvalue weighted by Crippen LogP contribution is 2.34. The maximum atomic E-state index is 12.1.